The summed E-state index contributed by atoms with van der Waals surface area (Å²) in [4.78, 5) is 13.8. The molecule has 2 rings (SSSR count). The quantitative estimate of drug-likeness (QED) is 0.375. The largest absolute Gasteiger partial charge is 0.234 e. The van der Waals surface area contributed by atoms with E-state index in [0.29, 0.717) is 18.4 Å². The first-order chi connectivity index (χ1) is 6.83. The van der Waals surface area contributed by atoms with E-state index in [4.69, 9.17) is 0 Å². The monoisotopic (exact) mass is 191 g/mol. The average Bonchev–Trinajstić information content (AvgIpc) is 2.59. The smallest absolute Gasteiger partial charge is 0.211 e. The second-order valence-corrected chi connectivity index (χ2v) is 4.61. The summed E-state index contributed by atoms with van der Waals surface area (Å²) in [7, 11) is 0. The number of fused-ring (bicyclic) bond motifs is 1. The van der Waals surface area contributed by atoms with Crippen molar-refractivity contribution in [2.24, 2.45) is 22.7 Å². The van der Waals surface area contributed by atoms with Gasteiger partial charge in [0.25, 0.3) is 0 Å². The molecule has 2 saturated carbocycles. The van der Waals surface area contributed by atoms with Gasteiger partial charge < -0.3 is 0 Å². The molecule has 0 aromatic carbocycles. The Morgan fingerprint density at radius 1 is 1.43 bits per heavy atom. The zero-order valence-electron chi connectivity index (χ0n) is 8.54. The van der Waals surface area contributed by atoms with Crippen LogP contribution in [-0.4, -0.2) is 12.6 Å². The number of hydrogen-bond donors (Lipinski definition) is 0. The van der Waals surface area contributed by atoms with Gasteiger partial charge in [-0.05, 0) is 49.9 Å². The summed E-state index contributed by atoms with van der Waals surface area (Å²) in [6.45, 7) is 4.85. The van der Waals surface area contributed by atoms with Crippen LogP contribution in [0.1, 0.15) is 32.1 Å². The van der Waals surface area contributed by atoms with Gasteiger partial charge in [0.15, 0.2) is 0 Å². The third kappa shape index (κ3) is 1.67. The fourth-order valence-corrected chi connectivity index (χ4v) is 3.28. The molecule has 14 heavy (non-hydrogen) atoms. The Balaban J connectivity index is 2.06. The molecule has 2 aliphatic carbocycles. The van der Waals surface area contributed by atoms with Crippen LogP contribution in [0.5, 0.6) is 0 Å². The minimum Gasteiger partial charge on any atom is -0.211 e. The van der Waals surface area contributed by atoms with Crippen molar-refractivity contribution >= 4 is 6.08 Å². The van der Waals surface area contributed by atoms with Gasteiger partial charge in [-0.1, -0.05) is 12.2 Å². The minimum atomic E-state index is 0.578. The first kappa shape index (κ1) is 9.67. The van der Waals surface area contributed by atoms with E-state index in [2.05, 4.69) is 11.6 Å². The van der Waals surface area contributed by atoms with Crippen molar-refractivity contribution in [2.75, 3.05) is 6.54 Å². The lowest BCUT2D eigenvalue weighted by Crippen LogP contribution is -2.22. The van der Waals surface area contributed by atoms with E-state index in [1.807, 2.05) is 0 Å². The maximum absolute atomic E-state index is 10.1. The van der Waals surface area contributed by atoms with Crippen molar-refractivity contribution in [3.05, 3.63) is 12.2 Å². The Morgan fingerprint density at radius 3 is 3.07 bits per heavy atom. The van der Waals surface area contributed by atoms with Crippen LogP contribution in [0.25, 0.3) is 0 Å². The summed E-state index contributed by atoms with van der Waals surface area (Å²) >= 11 is 0. The maximum Gasteiger partial charge on any atom is 0.234 e. The van der Waals surface area contributed by atoms with E-state index < -0.39 is 0 Å². The van der Waals surface area contributed by atoms with Crippen LogP contribution in [0.4, 0.5) is 0 Å². The molecular formula is C12H17NO. The predicted octanol–water partition coefficient (Wildman–Crippen LogP) is 2.70. The van der Waals surface area contributed by atoms with Crippen molar-refractivity contribution in [1.82, 2.24) is 0 Å². The average molecular weight is 191 g/mol. The van der Waals surface area contributed by atoms with Crippen LogP contribution in [0.3, 0.4) is 0 Å². The third-order valence-electron chi connectivity index (χ3n) is 3.86. The standard InChI is InChI=1S/C12H17NO/c1-9-3-2-4-10-5-6-11(12(9)10)7-13-8-14/h10-12H,1-7H2. The van der Waals surface area contributed by atoms with Crippen LogP contribution in [0, 0.1) is 17.8 Å². The lowest BCUT2D eigenvalue weighted by atomic mass is 9.75. The third-order valence-corrected chi connectivity index (χ3v) is 3.86. The lowest BCUT2D eigenvalue weighted by molar-refractivity contribution is 0.303. The topological polar surface area (TPSA) is 29.4 Å². The zero-order valence-corrected chi connectivity index (χ0v) is 8.54. The molecule has 0 saturated heterocycles. The van der Waals surface area contributed by atoms with E-state index in [0.717, 1.165) is 5.92 Å². The number of allylic oxidation sites excluding steroid dienone is 1. The van der Waals surface area contributed by atoms with Crippen molar-refractivity contribution in [3.63, 3.8) is 0 Å². The van der Waals surface area contributed by atoms with Gasteiger partial charge in [-0.2, -0.15) is 0 Å². The van der Waals surface area contributed by atoms with Crippen molar-refractivity contribution < 1.29 is 4.79 Å². The first-order valence-electron chi connectivity index (χ1n) is 5.54. The van der Waals surface area contributed by atoms with E-state index >= 15 is 0 Å². The molecule has 2 nitrogen and oxygen atoms in total. The van der Waals surface area contributed by atoms with Crippen molar-refractivity contribution in [2.45, 2.75) is 32.1 Å². The molecule has 3 unspecified atom stereocenters. The Bertz CT molecular complexity index is 278. The highest BCUT2D eigenvalue weighted by molar-refractivity contribution is 5.33. The highest BCUT2D eigenvalue weighted by atomic mass is 16.1. The first-order valence-corrected chi connectivity index (χ1v) is 5.54. The molecule has 0 amide bonds. The molecule has 2 aliphatic rings. The number of carbonyl (C=O) groups excluding carboxylic acids is 1. The molecule has 2 heteroatoms. The normalized spacial score (nSPS) is 36.3. The maximum atomic E-state index is 10.1. The SMILES string of the molecule is C=C1CCCC2CCC(CN=C=O)C12. The Labute approximate surface area is 85.1 Å². The zero-order chi connectivity index (χ0) is 9.97. The van der Waals surface area contributed by atoms with Crippen LogP contribution < -0.4 is 0 Å². The van der Waals surface area contributed by atoms with Gasteiger partial charge in [0, 0.05) is 0 Å². The van der Waals surface area contributed by atoms with Crippen LogP contribution in [-0.2, 0) is 4.79 Å². The van der Waals surface area contributed by atoms with Gasteiger partial charge in [-0.25, -0.2) is 9.79 Å². The highest BCUT2D eigenvalue weighted by Crippen LogP contribution is 2.47. The van der Waals surface area contributed by atoms with Crippen LogP contribution in [0.15, 0.2) is 17.1 Å². The Hall–Kier alpha value is -0.880. The van der Waals surface area contributed by atoms with E-state index in [1.54, 1.807) is 6.08 Å². The lowest BCUT2D eigenvalue weighted by Gasteiger charge is -2.30. The van der Waals surface area contributed by atoms with Gasteiger partial charge in [0.05, 0.1) is 6.54 Å². The van der Waals surface area contributed by atoms with Crippen molar-refractivity contribution in [3.8, 4) is 0 Å². The van der Waals surface area contributed by atoms with Gasteiger partial charge in [-0.15, -0.1) is 0 Å². The molecule has 0 aromatic rings. The van der Waals surface area contributed by atoms with Gasteiger partial charge in [0.1, 0.15) is 0 Å². The molecule has 3 atom stereocenters. The summed E-state index contributed by atoms with van der Waals surface area (Å²) < 4.78 is 0. The number of hydrogen-bond acceptors (Lipinski definition) is 2. The molecule has 0 bridgehead atoms. The number of rotatable bonds is 2. The van der Waals surface area contributed by atoms with E-state index in [9.17, 15) is 4.79 Å². The molecule has 76 valence electrons. The number of nitrogens with zero attached hydrogens (tertiary/aromatic N) is 1. The molecule has 0 N–H and O–H groups in total. The van der Waals surface area contributed by atoms with Gasteiger partial charge >= 0.3 is 0 Å². The molecule has 0 heterocycles. The Kier molecular flexibility index (Phi) is 2.83. The fourth-order valence-electron chi connectivity index (χ4n) is 3.28. The van der Waals surface area contributed by atoms with Crippen LogP contribution >= 0.6 is 0 Å². The van der Waals surface area contributed by atoms with Crippen molar-refractivity contribution in [1.29, 1.82) is 0 Å². The summed E-state index contributed by atoms with van der Waals surface area (Å²) in [6.07, 6.45) is 8.02. The second kappa shape index (κ2) is 4.10. The van der Waals surface area contributed by atoms with E-state index in [1.165, 1.54) is 37.7 Å². The molecule has 0 aromatic heterocycles. The van der Waals surface area contributed by atoms with E-state index in [-0.39, 0.29) is 0 Å². The summed E-state index contributed by atoms with van der Waals surface area (Å²) in [5.41, 5.74) is 1.41. The number of aliphatic imine (C=N–C) groups is 1. The van der Waals surface area contributed by atoms with Gasteiger partial charge in [0.2, 0.25) is 6.08 Å². The molecule has 2 fully saturated rings. The summed E-state index contributed by atoms with van der Waals surface area (Å²) in [5.74, 6) is 2.07. The predicted molar refractivity (Wildman–Crippen MR) is 55.7 cm³/mol. The molecule has 0 spiro atoms. The minimum absolute atomic E-state index is 0.578. The number of isocyanates is 1. The highest BCUT2D eigenvalue weighted by Gasteiger charge is 2.38. The summed E-state index contributed by atoms with van der Waals surface area (Å²) in [5, 5.41) is 0. The molecular weight excluding hydrogens is 174 g/mol. The second-order valence-electron chi connectivity index (χ2n) is 4.61. The Morgan fingerprint density at radius 2 is 2.29 bits per heavy atom. The van der Waals surface area contributed by atoms with Crippen LogP contribution in [0.2, 0.25) is 0 Å². The molecule has 0 aliphatic heterocycles. The molecule has 0 radical (unpaired) electrons. The summed E-state index contributed by atoms with van der Waals surface area (Å²) in [6, 6.07) is 0. The van der Waals surface area contributed by atoms with Gasteiger partial charge in [-0.3, -0.25) is 0 Å². The fraction of sp³-hybridized carbons (Fsp3) is 0.750.